The summed E-state index contributed by atoms with van der Waals surface area (Å²) in [6.07, 6.45) is 1.06. The van der Waals surface area contributed by atoms with Crippen LogP contribution in [0.5, 0.6) is 0 Å². The largest absolute Gasteiger partial charge is 0.423 e. The third-order valence-corrected chi connectivity index (χ3v) is 3.08. The number of anilines is 1. The van der Waals surface area contributed by atoms with Crippen LogP contribution in [0.4, 0.5) is 11.7 Å². The van der Waals surface area contributed by atoms with Crippen LogP contribution in [0, 0.1) is 10.1 Å². The van der Waals surface area contributed by atoms with E-state index in [9.17, 15) is 18.5 Å². The molecule has 108 valence electrons. The second-order valence-electron chi connectivity index (χ2n) is 4.02. The predicted molar refractivity (Wildman–Crippen MR) is 72.0 cm³/mol. The van der Waals surface area contributed by atoms with Crippen LogP contribution in [-0.2, 0) is 10.0 Å². The molecule has 2 rings (SSSR count). The summed E-state index contributed by atoms with van der Waals surface area (Å²) in [4.78, 5) is 14.2. The first kappa shape index (κ1) is 14.2. The van der Waals surface area contributed by atoms with E-state index in [0.717, 1.165) is 6.26 Å². The average molecular weight is 300 g/mol. The number of aromatic nitrogens is 1. The molecule has 10 heteroatoms. The Bertz CT molecular complexity index is 739. The number of nitrogens with zero attached hydrogens (tertiary/aromatic N) is 2. The maximum atomic E-state index is 10.8. The van der Waals surface area contributed by atoms with Crippen LogP contribution in [0.1, 0.15) is 0 Å². The molecule has 0 fully saturated rings. The van der Waals surface area contributed by atoms with Crippen molar-refractivity contribution in [1.82, 2.24) is 9.71 Å². The van der Waals surface area contributed by atoms with Crippen molar-refractivity contribution in [3.63, 3.8) is 0 Å². The zero-order chi connectivity index (χ0) is 14.8. The van der Waals surface area contributed by atoms with Gasteiger partial charge >= 0.3 is 0 Å². The number of hydrogen-bond donors (Lipinski definition) is 2. The Morgan fingerprint density at radius 2 is 2.15 bits per heavy atom. The number of benzene rings is 1. The van der Waals surface area contributed by atoms with Gasteiger partial charge in [-0.25, -0.2) is 13.1 Å². The van der Waals surface area contributed by atoms with Crippen LogP contribution in [0.15, 0.2) is 22.6 Å². The van der Waals surface area contributed by atoms with E-state index in [-0.39, 0.29) is 30.4 Å². The van der Waals surface area contributed by atoms with Crippen molar-refractivity contribution in [2.45, 2.75) is 0 Å². The molecule has 2 N–H and O–H groups in total. The van der Waals surface area contributed by atoms with E-state index in [0.29, 0.717) is 5.52 Å². The fourth-order valence-corrected chi connectivity index (χ4v) is 1.98. The number of rotatable bonds is 6. The summed E-state index contributed by atoms with van der Waals surface area (Å²) in [5, 5.41) is 13.4. The Labute approximate surface area is 114 Å². The maximum absolute atomic E-state index is 10.8. The highest BCUT2D eigenvalue weighted by molar-refractivity contribution is 7.88. The molecule has 0 saturated heterocycles. The zero-order valence-electron chi connectivity index (χ0n) is 10.5. The first-order valence-corrected chi connectivity index (χ1v) is 7.48. The van der Waals surface area contributed by atoms with Gasteiger partial charge < -0.3 is 9.73 Å². The van der Waals surface area contributed by atoms with E-state index in [4.69, 9.17) is 4.42 Å². The van der Waals surface area contributed by atoms with Gasteiger partial charge in [0.15, 0.2) is 5.58 Å². The Morgan fingerprint density at radius 3 is 2.80 bits per heavy atom. The maximum Gasteiger partial charge on any atom is 0.295 e. The third-order valence-electron chi connectivity index (χ3n) is 2.35. The molecule has 0 amide bonds. The lowest BCUT2D eigenvalue weighted by atomic mass is 10.3. The normalized spacial score (nSPS) is 11.7. The molecule has 0 unspecified atom stereocenters. The summed E-state index contributed by atoms with van der Waals surface area (Å²) in [7, 11) is -3.23. The highest BCUT2D eigenvalue weighted by Crippen LogP contribution is 2.23. The van der Waals surface area contributed by atoms with Crippen LogP contribution in [0.25, 0.3) is 11.1 Å². The number of non-ortho nitro benzene ring substituents is 1. The average Bonchev–Trinajstić information content (AvgIpc) is 2.75. The molecular formula is C10H12N4O5S. The molecule has 0 atom stereocenters. The van der Waals surface area contributed by atoms with Crippen LogP contribution in [0.2, 0.25) is 0 Å². The Hall–Kier alpha value is -2.20. The second kappa shape index (κ2) is 5.43. The van der Waals surface area contributed by atoms with Gasteiger partial charge in [-0.2, -0.15) is 4.98 Å². The standard InChI is InChI=1S/C10H12N4O5S/c1-20(17,18)12-5-4-11-10-13-8-3-2-7(14(15)16)6-9(8)19-10/h2-3,6,12H,4-5H2,1H3,(H,11,13). The number of nitro benzene ring substituents is 1. The van der Waals surface area contributed by atoms with Crippen LogP contribution in [-0.4, -0.2) is 37.7 Å². The van der Waals surface area contributed by atoms with E-state index >= 15 is 0 Å². The van der Waals surface area contributed by atoms with Crippen molar-refractivity contribution < 1.29 is 17.8 Å². The van der Waals surface area contributed by atoms with Gasteiger partial charge in [0.2, 0.25) is 10.0 Å². The van der Waals surface area contributed by atoms with E-state index in [2.05, 4.69) is 15.0 Å². The number of oxazole rings is 1. The van der Waals surface area contributed by atoms with Gasteiger partial charge in [0.25, 0.3) is 11.7 Å². The van der Waals surface area contributed by atoms with Gasteiger partial charge in [-0.3, -0.25) is 10.1 Å². The molecule has 0 aliphatic carbocycles. The first-order valence-electron chi connectivity index (χ1n) is 5.59. The summed E-state index contributed by atoms with van der Waals surface area (Å²) in [6, 6.07) is 4.27. The molecule has 1 aromatic heterocycles. The molecule has 1 heterocycles. The smallest absolute Gasteiger partial charge is 0.295 e. The van der Waals surface area contributed by atoms with Crippen molar-refractivity contribution >= 4 is 32.8 Å². The van der Waals surface area contributed by atoms with Crippen LogP contribution < -0.4 is 10.0 Å². The molecule has 9 nitrogen and oxygen atoms in total. The fraction of sp³-hybridized carbons (Fsp3) is 0.300. The SMILES string of the molecule is CS(=O)(=O)NCCNc1nc2ccc([N+](=O)[O-])cc2o1. The summed E-state index contributed by atoms with van der Waals surface area (Å²) in [5.41, 5.74) is 0.686. The molecule has 0 saturated carbocycles. The summed E-state index contributed by atoms with van der Waals surface area (Å²) in [5.74, 6) is 0. The van der Waals surface area contributed by atoms with Gasteiger partial charge in [0.05, 0.1) is 17.2 Å². The van der Waals surface area contributed by atoms with Gasteiger partial charge in [-0.1, -0.05) is 0 Å². The fourth-order valence-electron chi connectivity index (χ4n) is 1.51. The first-order chi connectivity index (χ1) is 9.35. The highest BCUT2D eigenvalue weighted by Gasteiger charge is 2.11. The lowest BCUT2D eigenvalue weighted by Crippen LogP contribution is -2.27. The van der Waals surface area contributed by atoms with Gasteiger partial charge in [-0.05, 0) is 6.07 Å². The Morgan fingerprint density at radius 1 is 1.40 bits per heavy atom. The monoisotopic (exact) mass is 300 g/mol. The zero-order valence-corrected chi connectivity index (χ0v) is 11.3. The quantitative estimate of drug-likeness (QED) is 0.456. The lowest BCUT2D eigenvalue weighted by Gasteiger charge is -2.01. The van der Waals surface area contributed by atoms with Crippen molar-refractivity contribution in [1.29, 1.82) is 0 Å². The van der Waals surface area contributed by atoms with E-state index in [1.54, 1.807) is 0 Å². The van der Waals surface area contributed by atoms with E-state index in [1.807, 2.05) is 0 Å². The van der Waals surface area contributed by atoms with E-state index in [1.165, 1.54) is 18.2 Å². The minimum Gasteiger partial charge on any atom is -0.423 e. The van der Waals surface area contributed by atoms with Crippen LogP contribution in [0.3, 0.4) is 0 Å². The number of nitro groups is 1. The van der Waals surface area contributed by atoms with Gasteiger partial charge in [0, 0.05) is 19.2 Å². The highest BCUT2D eigenvalue weighted by atomic mass is 32.2. The van der Waals surface area contributed by atoms with Gasteiger partial charge in [0.1, 0.15) is 5.52 Å². The van der Waals surface area contributed by atoms with Crippen LogP contribution >= 0.6 is 0 Å². The number of nitrogens with one attached hydrogen (secondary N) is 2. The lowest BCUT2D eigenvalue weighted by molar-refractivity contribution is -0.384. The Kier molecular flexibility index (Phi) is 3.86. The molecule has 0 aliphatic heterocycles. The van der Waals surface area contributed by atoms with Crippen molar-refractivity contribution in [3.8, 4) is 0 Å². The van der Waals surface area contributed by atoms with Crippen molar-refractivity contribution in [2.75, 3.05) is 24.7 Å². The summed E-state index contributed by atoms with van der Waals surface area (Å²) < 4.78 is 29.3. The molecule has 1 aromatic carbocycles. The second-order valence-corrected chi connectivity index (χ2v) is 5.85. The summed E-state index contributed by atoms with van der Waals surface area (Å²) >= 11 is 0. The molecule has 2 aromatic rings. The minimum atomic E-state index is -3.23. The minimum absolute atomic E-state index is 0.0843. The molecule has 0 aliphatic rings. The topological polar surface area (TPSA) is 127 Å². The third kappa shape index (κ3) is 3.65. The summed E-state index contributed by atoms with van der Waals surface area (Å²) in [6.45, 7) is 0.458. The number of sulfonamides is 1. The van der Waals surface area contributed by atoms with Crippen molar-refractivity contribution in [2.24, 2.45) is 0 Å². The van der Waals surface area contributed by atoms with Gasteiger partial charge in [-0.15, -0.1) is 0 Å². The molecule has 20 heavy (non-hydrogen) atoms. The Balaban J connectivity index is 2.03. The molecule has 0 spiro atoms. The van der Waals surface area contributed by atoms with Crippen molar-refractivity contribution in [3.05, 3.63) is 28.3 Å². The predicted octanol–water partition coefficient (Wildman–Crippen LogP) is 0.697. The number of hydrogen-bond acceptors (Lipinski definition) is 7. The molecular weight excluding hydrogens is 288 g/mol. The van der Waals surface area contributed by atoms with E-state index < -0.39 is 14.9 Å². The molecule has 0 radical (unpaired) electrons. The molecule has 0 bridgehead atoms. The number of fused-ring (bicyclic) bond motifs is 1.